The van der Waals surface area contributed by atoms with Gasteiger partial charge in [0.15, 0.2) is 11.5 Å². The summed E-state index contributed by atoms with van der Waals surface area (Å²) < 4.78 is 17.2. The lowest BCUT2D eigenvalue weighted by Crippen LogP contribution is -2.32. The zero-order valence-electron chi connectivity index (χ0n) is 19.2. The monoisotopic (exact) mass is 559 g/mol. The molecule has 0 spiro atoms. The topological polar surface area (TPSA) is 98.2 Å². The lowest BCUT2D eigenvalue weighted by molar-refractivity contribution is -0.136. The molecule has 3 rings (SSSR count). The summed E-state index contributed by atoms with van der Waals surface area (Å²) >= 11 is 9.43. The molecule has 0 heterocycles. The Morgan fingerprint density at radius 2 is 1.80 bits per heavy atom. The molecule has 3 aromatic rings. The Bertz CT molecular complexity index is 1270. The van der Waals surface area contributed by atoms with E-state index in [1.165, 1.54) is 26.5 Å². The zero-order valence-corrected chi connectivity index (χ0v) is 21.6. The number of nitrogens with one attached hydrogen (secondary N) is 2. The van der Waals surface area contributed by atoms with E-state index in [-0.39, 0.29) is 5.69 Å². The van der Waals surface area contributed by atoms with E-state index in [1.54, 1.807) is 24.3 Å². The summed E-state index contributed by atoms with van der Waals surface area (Å²) in [6.45, 7) is 2.39. The van der Waals surface area contributed by atoms with Gasteiger partial charge < -0.3 is 19.5 Å². The largest absolute Gasteiger partial charge is 0.495 e. The maximum absolute atomic E-state index is 12.2. The number of amides is 2. The third-order valence-corrected chi connectivity index (χ3v) is 5.54. The van der Waals surface area contributed by atoms with Crippen molar-refractivity contribution in [3.05, 3.63) is 80.8 Å². The van der Waals surface area contributed by atoms with Gasteiger partial charge in [-0.25, -0.2) is 5.43 Å². The quantitative estimate of drug-likeness (QED) is 0.227. The van der Waals surface area contributed by atoms with Crippen LogP contribution in [0.4, 0.5) is 5.69 Å². The number of anilines is 1. The number of aryl methyl sites for hydroxylation is 1. The molecule has 0 aliphatic carbocycles. The van der Waals surface area contributed by atoms with Gasteiger partial charge in [-0.15, -0.1) is 0 Å². The van der Waals surface area contributed by atoms with Gasteiger partial charge in [-0.1, -0.05) is 41.4 Å². The Hall–Kier alpha value is -3.56. The molecule has 0 saturated carbocycles. The molecular formula is C25H23BrClN3O5. The molecule has 0 aliphatic heterocycles. The van der Waals surface area contributed by atoms with Crippen LogP contribution in [0.3, 0.4) is 0 Å². The highest BCUT2D eigenvalue weighted by molar-refractivity contribution is 9.10. The number of rotatable bonds is 8. The second kappa shape index (κ2) is 12.2. The fraction of sp³-hybridized carbons (Fsp3) is 0.160. The Morgan fingerprint density at radius 3 is 2.51 bits per heavy atom. The van der Waals surface area contributed by atoms with E-state index < -0.39 is 11.8 Å². The Labute approximate surface area is 216 Å². The number of carbonyl (C=O) groups is 2. The first-order valence-electron chi connectivity index (χ1n) is 10.3. The van der Waals surface area contributed by atoms with E-state index >= 15 is 0 Å². The minimum atomic E-state index is -0.965. The van der Waals surface area contributed by atoms with Gasteiger partial charge in [-0.2, -0.15) is 5.10 Å². The van der Waals surface area contributed by atoms with Gasteiger partial charge in [0, 0.05) is 5.02 Å². The van der Waals surface area contributed by atoms with E-state index in [1.807, 2.05) is 31.2 Å². The summed E-state index contributed by atoms with van der Waals surface area (Å²) in [6, 6.07) is 16.1. The molecule has 2 N–H and O–H groups in total. The Morgan fingerprint density at radius 1 is 1.03 bits per heavy atom. The first-order chi connectivity index (χ1) is 16.8. The average Bonchev–Trinajstić information content (AvgIpc) is 2.83. The molecule has 182 valence electrons. The predicted octanol–water partition coefficient (Wildman–Crippen LogP) is 5.10. The van der Waals surface area contributed by atoms with Crippen molar-refractivity contribution >= 4 is 51.2 Å². The summed E-state index contributed by atoms with van der Waals surface area (Å²) in [5.41, 5.74) is 5.23. The normalized spacial score (nSPS) is 10.7. The molecule has 10 heteroatoms. The SMILES string of the molecule is COc1ccc(Cl)cc1NC(=O)C(=O)N/N=C/c1cc(Br)c(OCc2cccc(C)c2)c(OC)c1. The lowest BCUT2D eigenvalue weighted by Gasteiger charge is -2.14. The smallest absolute Gasteiger partial charge is 0.329 e. The molecule has 0 aliphatic rings. The van der Waals surface area contributed by atoms with E-state index in [4.69, 9.17) is 25.8 Å². The van der Waals surface area contributed by atoms with Crippen molar-refractivity contribution in [2.24, 2.45) is 5.10 Å². The number of ether oxygens (including phenoxy) is 3. The van der Waals surface area contributed by atoms with Crippen molar-refractivity contribution in [3.8, 4) is 17.2 Å². The molecule has 0 unspecified atom stereocenters. The van der Waals surface area contributed by atoms with Crippen molar-refractivity contribution in [2.75, 3.05) is 19.5 Å². The first kappa shape index (κ1) is 26.1. The molecule has 0 radical (unpaired) electrons. The summed E-state index contributed by atoms with van der Waals surface area (Å²) in [6.07, 6.45) is 1.38. The highest BCUT2D eigenvalue weighted by Gasteiger charge is 2.16. The molecule has 0 aromatic heterocycles. The van der Waals surface area contributed by atoms with Crippen LogP contribution in [0.5, 0.6) is 17.2 Å². The number of hydrazone groups is 1. The number of halogens is 2. The Kier molecular flexibility index (Phi) is 9.11. The minimum absolute atomic E-state index is 0.263. The lowest BCUT2D eigenvalue weighted by atomic mass is 10.1. The standard InChI is InChI=1S/C25H23BrClN3O5/c1-15-5-4-6-16(9-15)14-35-23-19(26)10-17(11-22(23)34-3)13-28-30-25(32)24(31)29-20-12-18(27)7-8-21(20)33-2/h4-13H,14H2,1-3H3,(H,29,31)(H,30,32)/b28-13+. The van der Waals surface area contributed by atoms with Crippen molar-refractivity contribution in [1.29, 1.82) is 0 Å². The van der Waals surface area contributed by atoms with Crippen molar-refractivity contribution in [1.82, 2.24) is 5.43 Å². The van der Waals surface area contributed by atoms with Crippen molar-refractivity contribution in [3.63, 3.8) is 0 Å². The molecule has 2 amide bonds. The van der Waals surface area contributed by atoms with E-state index in [0.29, 0.717) is 38.9 Å². The van der Waals surface area contributed by atoms with E-state index in [9.17, 15) is 9.59 Å². The Balaban J connectivity index is 1.64. The van der Waals surface area contributed by atoms with Gasteiger partial charge in [-0.05, 0) is 64.3 Å². The summed E-state index contributed by atoms with van der Waals surface area (Å²) in [5, 5.41) is 6.67. The van der Waals surface area contributed by atoms with Gasteiger partial charge in [0.05, 0.1) is 30.6 Å². The van der Waals surface area contributed by atoms with Crippen LogP contribution < -0.4 is 25.0 Å². The molecule has 0 fully saturated rings. The van der Waals surface area contributed by atoms with Gasteiger partial charge in [-0.3, -0.25) is 9.59 Å². The van der Waals surface area contributed by atoms with Crippen molar-refractivity contribution < 1.29 is 23.8 Å². The van der Waals surface area contributed by atoms with Gasteiger partial charge in [0.25, 0.3) is 0 Å². The number of benzene rings is 3. The zero-order chi connectivity index (χ0) is 25.4. The van der Waals surface area contributed by atoms with Crippen molar-refractivity contribution in [2.45, 2.75) is 13.5 Å². The summed E-state index contributed by atoms with van der Waals surface area (Å²) in [5.74, 6) is -0.523. The second-order valence-electron chi connectivity index (χ2n) is 7.31. The van der Waals surface area contributed by atoms with Crippen LogP contribution in [0.15, 0.2) is 64.2 Å². The number of nitrogens with zero attached hydrogens (tertiary/aromatic N) is 1. The average molecular weight is 561 g/mol. The third-order valence-electron chi connectivity index (χ3n) is 4.71. The maximum Gasteiger partial charge on any atom is 0.329 e. The number of hydrogen-bond acceptors (Lipinski definition) is 6. The van der Waals surface area contributed by atoms with Crippen LogP contribution in [-0.4, -0.2) is 32.2 Å². The van der Waals surface area contributed by atoms with E-state index in [0.717, 1.165) is 11.1 Å². The fourth-order valence-electron chi connectivity index (χ4n) is 3.08. The van der Waals surface area contributed by atoms with E-state index in [2.05, 4.69) is 31.8 Å². The fourth-order valence-corrected chi connectivity index (χ4v) is 3.83. The van der Waals surface area contributed by atoms with Gasteiger partial charge in [0.2, 0.25) is 0 Å². The number of methoxy groups -OCH3 is 2. The third kappa shape index (κ3) is 7.21. The molecule has 0 saturated heterocycles. The van der Waals surface area contributed by atoms with Crippen LogP contribution >= 0.6 is 27.5 Å². The minimum Gasteiger partial charge on any atom is -0.495 e. The highest BCUT2D eigenvalue weighted by Crippen LogP contribution is 2.37. The van der Waals surface area contributed by atoms with Crippen LogP contribution in [0.2, 0.25) is 5.02 Å². The molecule has 8 nitrogen and oxygen atoms in total. The molecular weight excluding hydrogens is 538 g/mol. The molecule has 0 atom stereocenters. The van der Waals surface area contributed by atoms with Crippen LogP contribution in [0.25, 0.3) is 0 Å². The summed E-state index contributed by atoms with van der Waals surface area (Å²) in [7, 11) is 2.97. The van der Waals surface area contributed by atoms with Gasteiger partial charge >= 0.3 is 11.8 Å². The van der Waals surface area contributed by atoms with Crippen LogP contribution in [0, 0.1) is 6.92 Å². The molecule has 3 aromatic carbocycles. The second-order valence-corrected chi connectivity index (χ2v) is 8.60. The predicted molar refractivity (Wildman–Crippen MR) is 139 cm³/mol. The number of hydrogen-bond donors (Lipinski definition) is 2. The first-order valence-corrected chi connectivity index (χ1v) is 11.5. The van der Waals surface area contributed by atoms with Gasteiger partial charge in [0.1, 0.15) is 12.4 Å². The number of carbonyl (C=O) groups excluding carboxylic acids is 2. The summed E-state index contributed by atoms with van der Waals surface area (Å²) in [4.78, 5) is 24.3. The van der Waals surface area contributed by atoms with Crippen LogP contribution in [-0.2, 0) is 16.2 Å². The maximum atomic E-state index is 12.2. The molecule has 35 heavy (non-hydrogen) atoms. The highest BCUT2D eigenvalue weighted by atomic mass is 79.9. The van der Waals surface area contributed by atoms with Crippen LogP contribution in [0.1, 0.15) is 16.7 Å². The molecule has 0 bridgehead atoms.